The molecule has 3 rings (SSSR count). The van der Waals surface area contributed by atoms with Crippen LogP contribution in [0.4, 0.5) is 4.39 Å². The molecule has 0 saturated heterocycles. The van der Waals surface area contributed by atoms with Gasteiger partial charge in [-0.1, -0.05) is 54.1 Å². The van der Waals surface area contributed by atoms with E-state index in [2.05, 4.69) is 21.2 Å². The lowest BCUT2D eigenvalue weighted by molar-refractivity contribution is -0.117. The third-order valence-electron chi connectivity index (χ3n) is 4.64. The van der Waals surface area contributed by atoms with Crippen LogP contribution in [0.15, 0.2) is 76.8 Å². The third-order valence-corrected chi connectivity index (χ3v) is 5.51. The standard InChI is InChI=1S/C25H19BrClFN2O2/c1-16(19-5-3-2-4-6-19)30-25(31)20(14-29)11-18-12-22(26)24(23(27)13-18)32-15-17-7-9-21(28)10-8-17/h2-13,16H,15H2,1H3,(H,30,31)/b20-11-/t16-/m0/s1. The van der Waals surface area contributed by atoms with Crippen LogP contribution in [0.1, 0.15) is 29.7 Å². The first kappa shape index (κ1) is 23.5. The van der Waals surface area contributed by atoms with Crippen LogP contribution in [0.25, 0.3) is 6.08 Å². The first-order valence-corrected chi connectivity index (χ1v) is 10.9. The molecule has 7 heteroatoms. The lowest BCUT2D eigenvalue weighted by atomic mass is 10.1. The van der Waals surface area contributed by atoms with Crippen molar-refractivity contribution in [3.63, 3.8) is 0 Å². The van der Waals surface area contributed by atoms with Gasteiger partial charge < -0.3 is 10.1 Å². The molecule has 3 aromatic carbocycles. The van der Waals surface area contributed by atoms with Crippen molar-refractivity contribution >= 4 is 39.5 Å². The molecule has 162 valence electrons. The number of carbonyl (C=O) groups excluding carboxylic acids is 1. The summed E-state index contributed by atoms with van der Waals surface area (Å²) in [5.41, 5.74) is 2.24. The van der Waals surface area contributed by atoms with Gasteiger partial charge in [-0.05, 0) is 69.9 Å². The molecule has 0 fully saturated rings. The summed E-state index contributed by atoms with van der Waals surface area (Å²) in [6, 6.07) is 20.5. The Labute approximate surface area is 199 Å². The second-order valence-corrected chi connectivity index (χ2v) is 8.27. The number of rotatable bonds is 7. The lowest BCUT2D eigenvalue weighted by Gasteiger charge is -2.14. The van der Waals surface area contributed by atoms with Gasteiger partial charge in [0, 0.05) is 0 Å². The number of ether oxygens (including phenoxy) is 1. The Morgan fingerprint density at radius 1 is 1.22 bits per heavy atom. The van der Waals surface area contributed by atoms with Gasteiger partial charge in [-0.3, -0.25) is 4.79 Å². The van der Waals surface area contributed by atoms with Gasteiger partial charge in [0.1, 0.15) is 24.1 Å². The van der Waals surface area contributed by atoms with Crippen molar-refractivity contribution in [1.82, 2.24) is 5.32 Å². The van der Waals surface area contributed by atoms with E-state index < -0.39 is 5.91 Å². The molecule has 0 aliphatic carbocycles. The summed E-state index contributed by atoms with van der Waals surface area (Å²) >= 11 is 9.79. The Hall–Kier alpha value is -3.14. The van der Waals surface area contributed by atoms with Crippen molar-refractivity contribution in [2.24, 2.45) is 0 Å². The first-order chi connectivity index (χ1) is 15.4. The van der Waals surface area contributed by atoms with Gasteiger partial charge in [0.15, 0.2) is 5.75 Å². The molecule has 0 spiro atoms. The van der Waals surface area contributed by atoms with Crippen LogP contribution in [-0.4, -0.2) is 5.91 Å². The maximum atomic E-state index is 13.0. The van der Waals surface area contributed by atoms with E-state index in [1.165, 1.54) is 18.2 Å². The largest absolute Gasteiger partial charge is 0.486 e. The molecule has 32 heavy (non-hydrogen) atoms. The molecule has 0 aliphatic heterocycles. The number of nitrogens with one attached hydrogen (secondary N) is 1. The Morgan fingerprint density at radius 2 is 1.91 bits per heavy atom. The second-order valence-electron chi connectivity index (χ2n) is 7.00. The van der Waals surface area contributed by atoms with E-state index >= 15 is 0 Å². The average Bonchev–Trinajstić information content (AvgIpc) is 2.78. The monoisotopic (exact) mass is 512 g/mol. The topological polar surface area (TPSA) is 62.1 Å². The number of hydrogen-bond donors (Lipinski definition) is 1. The Bertz CT molecular complexity index is 1150. The van der Waals surface area contributed by atoms with Crippen LogP contribution in [-0.2, 0) is 11.4 Å². The molecule has 3 aromatic rings. The van der Waals surface area contributed by atoms with Crippen LogP contribution in [0.5, 0.6) is 5.75 Å². The number of nitriles is 1. The van der Waals surface area contributed by atoms with E-state index in [1.54, 1.807) is 24.3 Å². The summed E-state index contributed by atoms with van der Waals surface area (Å²) in [4.78, 5) is 12.6. The molecular weight excluding hydrogens is 495 g/mol. The summed E-state index contributed by atoms with van der Waals surface area (Å²) in [6.45, 7) is 2.06. The van der Waals surface area contributed by atoms with E-state index in [1.807, 2.05) is 43.3 Å². The van der Waals surface area contributed by atoms with Gasteiger partial charge in [-0.2, -0.15) is 5.26 Å². The highest BCUT2D eigenvalue weighted by Crippen LogP contribution is 2.35. The van der Waals surface area contributed by atoms with E-state index in [9.17, 15) is 14.4 Å². The van der Waals surface area contributed by atoms with Crippen LogP contribution in [0.2, 0.25) is 5.02 Å². The van der Waals surface area contributed by atoms with E-state index in [0.29, 0.717) is 20.8 Å². The quantitative estimate of drug-likeness (QED) is 0.286. The molecule has 1 N–H and O–H groups in total. The highest BCUT2D eigenvalue weighted by Gasteiger charge is 2.15. The Morgan fingerprint density at radius 3 is 2.53 bits per heavy atom. The van der Waals surface area contributed by atoms with Crippen molar-refractivity contribution in [1.29, 1.82) is 5.26 Å². The van der Waals surface area contributed by atoms with E-state index in [4.69, 9.17) is 16.3 Å². The molecule has 1 amide bonds. The lowest BCUT2D eigenvalue weighted by Crippen LogP contribution is -2.27. The van der Waals surface area contributed by atoms with Gasteiger partial charge in [0.05, 0.1) is 15.5 Å². The summed E-state index contributed by atoms with van der Waals surface area (Å²) in [5, 5.41) is 12.6. The molecule has 0 aliphatic rings. The zero-order valence-electron chi connectivity index (χ0n) is 17.1. The summed E-state index contributed by atoms with van der Waals surface area (Å²) in [7, 11) is 0. The van der Waals surface area contributed by atoms with Gasteiger partial charge in [0.2, 0.25) is 0 Å². The van der Waals surface area contributed by atoms with Crippen molar-refractivity contribution in [2.75, 3.05) is 0 Å². The molecule has 4 nitrogen and oxygen atoms in total. The fraction of sp³-hybridized carbons (Fsp3) is 0.120. The SMILES string of the molecule is C[C@H](NC(=O)/C(C#N)=C\c1cc(Cl)c(OCc2ccc(F)cc2)c(Br)c1)c1ccccc1. The Balaban J connectivity index is 1.74. The molecule has 0 unspecified atom stereocenters. The van der Waals surface area contributed by atoms with Gasteiger partial charge in [-0.25, -0.2) is 4.39 Å². The van der Waals surface area contributed by atoms with Crippen LogP contribution < -0.4 is 10.1 Å². The van der Waals surface area contributed by atoms with Crippen LogP contribution in [0, 0.1) is 17.1 Å². The zero-order valence-corrected chi connectivity index (χ0v) is 19.5. The normalized spacial score (nSPS) is 12.0. The Kier molecular flexibility index (Phi) is 8.04. The fourth-order valence-electron chi connectivity index (χ4n) is 2.95. The maximum Gasteiger partial charge on any atom is 0.262 e. The number of benzene rings is 3. The predicted octanol–water partition coefficient (Wildman–Crippen LogP) is 6.60. The highest BCUT2D eigenvalue weighted by atomic mass is 79.9. The third kappa shape index (κ3) is 6.19. The molecule has 0 aromatic heterocycles. The summed E-state index contributed by atoms with van der Waals surface area (Å²) in [5.74, 6) is -0.388. The maximum absolute atomic E-state index is 13.0. The molecule has 0 radical (unpaired) electrons. The molecular formula is C25H19BrClFN2O2. The first-order valence-electron chi connectivity index (χ1n) is 9.71. The van der Waals surface area contributed by atoms with Gasteiger partial charge in [0.25, 0.3) is 5.91 Å². The minimum atomic E-state index is -0.479. The van der Waals surface area contributed by atoms with Crippen LogP contribution in [0.3, 0.4) is 0 Å². The van der Waals surface area contributed by atoms with Crippen molar-refractivity contribution in [3.05, 3.63) is 104 Å². The summed E-state index contributed by atoms with van der Waals surface area (Å²) < 4.78 is 19.4. The average molecular weight is 514 g/mol. The van der Waals surface area contributed by atoms with Crippen molar-refractivity contribution in [3.8, 4) is 11.8 Å². The van der Waals surface area contributed by atoms with Gasteiger partial charge in [-0.15, -0.1) is 0 Å². The van der Waals surface area contributed by atoms with E-state index in [-0.39, 0.29) is 24.0 Å². The smallest absolute Gasteiger partial charge is 0.262 e. The summed E-state index contributed by atoms with van der Waals surface area (Å²) in [6.07, 6.45) is 1.47. The highest BCUT2D eigenvalue weighted by molar-refractivity contribution is 9.10. The molecule has 1 atom stereocenters. The van der Waals surface area contributed by atoms with Crippen molar-refractivity contribution < 1.29 is 13.9 Å². The number of halogens is 3. The fourth-order valence-corrected chi connectivity index (χ4v) is 3.94. The molecule has 0 bridgehead atoms. The molecule has 0 heterocycles. The number of amides is 1. The van der Waals surface area contributed by atoms with Gasteiger partial charge >= 0.3 is 0 Å². The zero-order chi connectivity index (χ0) is 23.1. The van der Waals surface area contributed by atoms with Crippen molar-refractivity contribution in [2.45, 2.75) is 19.6 Å². The second kappa shape index (κ2) is 10.9. The van der Waals surface area contributed by atoms with E-state index in [0.717, 1.165) is 11.1 Å². The minimum absolute atomic E-state index is 0.0456. The number of hydrogen-bond acceptors (Lipinski definition) is 3. The number of nitrogens with zero attached hydrogens (tertiary/aromatic N) is 1. The van der Waals surface area contributed by atoms with Crippen LogP contribution >= 0.6 is 27.5 Å². The predicted molar refractivity (Wildman–Crippen MR) is 126 cm³/mol. The molecule has 0 saturated carbocycles. The number of carbonyl (C=O) groups is 1. The minimum Gasteiger partial charge on any atom is -0.486 e.